The summed E-state index contributed by atoms with van der Waals surface area (Å²) in [6, 6.07) is 3.61. The Labute approximate surface area is 128 Å². The van der Waals surface area contributed by atoms with Crippen molar-refractivity contribution in [3.63, 3.8) is 0 Å². The number of amides is 1. The maximum absolute atomic E-state index is 11.5. The van der Waals surface area contributed by atoms with Crippen molar-refractivity contribution in [1.29, 1.82) is 0 Å². The number of anilines is 1. The first-order valence-electron chi connectivity index (χ1n) is 7.03. The predicted molar refractivity (Wildman–Crippen MR) is 82.3 cm³/mol. The van der Waals surface area contributed by atoms with Gasteiger partial charge < -0.3 is 10.4 Å². The molecule has 1 aliphatic heterocycles. The van der Waals surface area contributed by atoms with E-state index in [-0.39, 0.29) is 5.91 Å². The van der Waals surface area contributed by atoms with Gasteiger partial charge in [0.05, 0.1) is 5.02 Å². The third-order valence-corrected chi connectivity index (χ3v) is 5.86. The fraction of sp³-hybridized carbons (Fsp3) is 0.533. The number of aliphatic hydroxyl groups is 1. The third-order valence-electron chi connectivity index (χ3n) is 4.09. The number of aliphatic hydroxyl groups excluding tert-OH is 1. The van der Waals surface area contributed by atoms with Gasteiger partial charge in [-0.3, -0.25) is 4.79 Å². The molecule has 3 unspecified atom stereocenters. The van der Waals surface area contributed by atoms with Crippen LogP contribution in [0.3, 0.4) is 0 Å². The van der Waals surface area contributed by atoms with Crippen molar-refractivity contribution in [3.8, 4) is 0 Å². The van der Waals surface area contributed by atoms with Gasteiger partial charge in [0, 0.05) is 21.4 Å². The molecule has 0 aromatic heterocycles. The summed E-state index contributed by atoms with van der Waals surface area (Å²) >= 11 is 8.10. The minimum Gasteiger partial charge on any atom is -0.378 e. The van der Waals surface area contributed by atoms with Gasteiger partial charge in [-0.25, -0.2) is 0 Å². The molecule has 1 aliphatic carbocycles. The van der Waals surface area contributed by atoms with Crippen LogP contribution in [-0.4, -0.2) is 16.3 Å². The Balaban J connectivity index is 1.81. The molecule has 0 radical (unpaired) electrons. The Kier molecular flexibility index (Phi) is 3.98. The number of halogens is 1. The van der Waals surface area contributed by atoms with Crippen molar-refractivity contribution in [2.24, 2.45) is 5.92 Å². The van der Waals surface area contributed by atoms with Crippen molar-refractivity contribution in [1.82, 2.24) is 0 Å². The molecule has 1 saturated carbocycles. The Morgan fingerprint density at radius 2 is 2.20 bits per heavy atom. The second kappa shape index (κ2) is 5.58. The fourth-order valence-electron chi connectivity index (χ4n) is 3.00. The van der Waals surface area contributed by atoms with E-state index in [1.807, 2.05) is 6.07 Å². The summed E-state index contributed by atoms with van der Waals surface area (Å²) in [5.74, 6) is 0.403. The topological polar surface area (TPSA) is 49.3 Å². The first kappa shape index (κ1) is 14.2. The summed E-state index contributed by atoms with van der Waals surface area (Å²) in [7, 11) is 0. The normalized spacial score (nSPS) is 29.1. The number of nitrogens with one attached hydrogen (secondary N) is 1. The van der Waals surface area contributed by atoms with Gasteiger partial charge in [-0.2, -0.15) is 0 Å². The average Bonchev–Trinajstić information content (AvgIpc) is 2.66. The van der Waals surface area contributed by atoms with Crippen molar-refractivity contribution < 1.29 is 9.90 Å². The summed E-state index contributed by atoms with van der Waals surface area (Å²) in [5.41, 5.74) is 1.28. The number of rotatable bonds is 2. The summed E-state index contributed by atoms with van der Waals surface area (Å²) in [6.07, 6.45) is 3.94. The summed E-state index contributed by atoms with van der Waals surface area (Å²) in [5, 5.41) is 13.7. The summed E-state index contributed by atoms with van der Waals surface area (Å²) in [4.78, 5) is 12.5. The maximum atomic E-state index is 11.5. The van der Waals surface area contributed by atoms with Gasteiger partial charge in [-0.05, 0) is 30.9 Å². The molecule has 1 fully saturated rings. The molecule has 0 spiro atoms. The largest absolute Gasteiger partial charge is 0.378 e. The van der Waals surface area contributed by atoms with Crippen molar-refractivity contribution in [2.45, 2.75) is 48.9 Å². The van der Waals surface area contributed by atoms with E-state index in [1.165, 1.54) is 25.7 Å². The van der Waals surface area contributed by atoms with Gasteiger partial charge in [-0.15, -0.1) is 11.8 Å². The van der Waals surface area contributed by atoms with Crippen LogP contribution in [0.2, 0.25) is 5.02 Å². The second-order valence-electron chi connectivity index (χ2n) is 5.77. The van der Waals surface area contributed by atoms with Crippen molar-refractivity contribution in [2.75, 3.05) is 5.32 Å². The molecule has 3 nitrogen and oxygen atoms in total. The van der Waals surface area contributed by atoms with Crippen LogP contribution in [0.25, 0.3) is 0 Å². The number of carbonyl (C=O) groups is 1. The Hall–Kier alpha value is -0.710. The molecule has 1 aromatic rings. The van der Waals surface area contributed by atoms with E-state index >= 15 is 0 Å². The first-order valence-corrected chi connectivity index (χ1v) is 8.29. The Bertz CT molecular complexity index is 549. The molecule has 1 amide bonds. The number of carbonyl (C=O) groups excluding carboxylic acids is 1. The second-order valence-corrected chi connectivity index (χ2v) is 7.52. The highest BCUT2D eigenvalue weighted by Gasteiger charge is 2.30. The van der Waals surface area contributed by atoms with Gasteiger partial charge in [0.25, 0.3) is 5.91 Å². The SMILES string of the molecule is CC1CCCC(Sc2cc3c(cc2Cl)C(O)C(=O)N3)C1. The van der Waals surface area contributed by atoms with E-state index in [9.17, 15) is 9.90 Å². The molecule has 2 N–H and O–H groups in total. The molecule has 108 valence electrons. The van der Waals surface area contributed by atoms with Crippen LogP contribution in [0.5, 0.6) is 0 Å². The lowest BCUT2D eigenvalue weighted by Crippen LogP contribution is -2.14. The lowest BCUT2D eigenvalue weighted by atomic mass is 9.91. The minimum atomic E-state index is -1.09. The van der Waals surface area contributed by atoms with Crippen molar-refractivity contribution in [3.05, 3.63) is 22.7 Å². The molecule has 3 atom stereocenters. The molecular formula is C15H18ClNO2S. The third kappa shape index (κ3) is 2.69. The zero-order valence-electron chi connectivity index (χ0n) is 11.4. The average molecular weight is 312 g/mol. The molecule has 3 rings (SSSR count). The number of thioether (sulfide) groups is 1. The van der Waals surface area contributed by atoms with E-state index in [0.29, 0.717) is 21.5 Å². The van der Waals surface area contributed by atoms with Gasteiger partial charge in [0.2, 0.25) is 0 Å². The quantitative estimate of drug-likeness (QED) is 0.868. The highest BCUT2D eigenvalue weighted by Crippen LogP contribution is 2.43. The van der Waals surface area contributed by atoms with Crippen LogP contribution >= 0.6 is 23.4 Å². The van der Waals surface area contributed by atoms with E-state index in [0.717, 1.165) is 10.8 Å². The highest BCUT2D eigenvalue weighted by atomic mass is 35.5. The molecule has 1 heterocycles. The predicted octanol–water partition coefficient (Wildman–Crippen LogP) is 4.00. The molecule has 2 aliphatic rings. The number of benzene rings is 1. The fourth-order valence-corrected chi connectivity index (χ4v) is 4.73. The molecule has 5 heteroatoms. The van der Waals surface area contributed by atoms with Crippen LogP contribution in [0.4, 0.5) is 5.69 Å². The molecule has 20 heavy (non-hydrogen) atoms. The number of hydrogen-bond donors (Lipinski definition) is 2. The summed E-state index contributed by atoms with van der Waals surface area (Å²) in [6.45, 7) is 2.30. The number of fused-ring (bicyclic) bond motifs is 1. The molecular weight excluding hydrogens is 294 g/mol. The Morgan fingerprint density at radius 1 is 1.40 bits per heavy atom. The van der Waals surface area contributed by atoms with Gasteiger partial charge in [0.1, 0.15) is 0 Å². The van der Waals surface area contributed by atoms with Gasteiger partial charge in [0.15, 0.2) is 6.10 Å². The zero-order chi connectivity index (χ0) is 14.3. The Morgan fingerprint density at radius 3 is 2.95 bits per heavy atom. The zero-order valence-corrected chi connectivity index (χ0v) is 12.9. The standard InChI is InChI=1S/C15H18ClNO2S/c1-8-3-2-4-9(5-8)20-13-7-12-10(6-11(13)16)14(18)15(19)17-12/h6-9,14,18H,2-5H2,1H3,(H,17,19). The number of hydrogen-bond acceptors (Lipinski definition) is 3. The van der Waals surface area contributed by atoms with Crippen molar-refractivity contribution >= 4 is 35.0 Å². The van der Waals surface area contributed by atoms with Crippen LogP contribution in [0, 0.1) is 5.92 Å². The lowest BCUT2D eigenvalue weighted by molar-refractivity contribution is -0.123. The van der Waals surface area contributed by atoms with Gasteiger partial charge in [-0.1, -0.05) is 31.4 Å². The van der Waals surface area contributed by atoms with Crippen LogP contribution in [-0.2, 0) is 4.79 Å². The van der Waals surface area contributed by atoms with E-state index in [2.05, 4.69) is 12.2 Å². The minimum absolute atomic E-state index is 0.371. The molecule has 0 bridgehead atoms. The maximum Gasteiger partial charge on any atom is 0.257 e. The smallest absolute Gasteiger partial charge is 0.257 e. The van der Waals surface area contributed by atoms with Crippen LogP contribution in [0.1, 0.15) is 44.3 Å². The molecule has 0 saturated heterocycles. The molecule has 1 aromatic carbocycles. The van der Waals surface area contributed by atoms with Crippen LogP contribution in [0.15, 0.2) is 17.0 Å². The van der Waals surface area contributed by atoms with E-state index < -0.39 is 6.10 Å². The van der Waals surface area contributed by atoms with E-state index in [1.54, 1.807) is 17.8 Å². The van der Waals surface area contributed by atoms with Crippen LogP contribution < -0.4 is 5.32 Å². The lowest BCUT2D eigenvalue weighted by Gasteiger charge is -2.26. The summed E-state index contributed by atoms with van der Waals surface area (Å²) < 4.78 is 0. The highest BCUT2D eigenvalue weighted by molar-refractivity contribution is 8.00. The monoisotopic (exact) mass is 311 g/mol. The first-order chi connectivity index (χ1) is 9.54. The van der Waals surface area contributed by atoms with Gasteiger partial charge >= 0.3 is 0 Å². The van der Waals surface area contributed by atoms with E-state index in [4.69, 9.17) is 11.6 Å².